The van der Waals surface area contributed by atoms with Crippen LogP contribution in [0.4, 0.5) is 0 Å². The molecule has 0 saturated carbocycles. The molecule has 1 aromatic rings. The molecule has 1 aromatic heterocycles. The topological polar surface area (TPSA) is 0 Å². The maximum absolute atomic E-state index is 2.49. The lowest BCUT2D eigenvalue weighted by molar-refractivity contribution is 1.20. The molecule has 0 nitrogen and oxygen atoms in total. The Kier molecular flexibility index (Phi) is 7.24. The van der Waals surface area contributed by atoms with E-state index in [0.29, 0.717) is 0 Å². The van der Waals surface area contributed by atoms with Crippen molar-refractivity contribution in [2.45, 2.75) is 41.0 Å². The van der Waals surface area contributed by atoms with Crippen LogP contribution in [0.15, 0.2) is 5.38 Å². The molecule has 0 atom stereocenters. The second kappa shape index (κ2) is 7.88. The van der Waals surface area contributed by atoms with Gasteiger partial charge in [-0.2, -0.15) is 0 Å². The van der Waals surface area contributed by atoms with Crippen LogP contribution < -0.4 is 10.6 Å². The minimum atomic E-state index is 0.121. The van der Waals surface area contributed by atoms with Gasteiger partial charge in [0.25, 0.3) is 0 Å². The van der Waals surface area contributed by atoms with E-state index in [1.165, 1.54) is 31.1 Å². The van der Waals surface area contributed by atoms with Crippen LogP contribution in [0.2, 0.25) is 0 Å². The monoisotopic (exact) mass is 288 g/mol. The molecule has 98 valence electrons. The normalized spacial score (nSPS) is 11.7. The van der Waals surface area contributed by atoms with Crippen molar-refractivity contribution < 1.29 is 0 Å². The highest BCUT2D eigenvalue weighted by molar-refractivity contribution is 7.72. The van der Waals surface area contributed by atoms with Gasteiger partial charge >= 0.3 is 0 Å². The van der Waals surface area contributed by atoms with Crippen LogP contribution in [0, 0.1) is 0 Å². The zero-order chi connectivity index (χ0) is 12.8. The van der Waals surface area contributed by atoms with Gasteiger partial charge < -0.3 is 0 Å². The summed E-state index contributed by atoms with van der Waals surface area (Å²) in [5.41, 5.74) is 0. The van der Waals surface area contributed by atoms with E-state index in [1.54, 1.807) is 10.2 Å². The Morgan fingerprint density at radius 3 is 1.82 bits per heavy atom. The second-order valence-corrected chi connectivity index (χ2v) is 10.7. The van der Waals surface area contributed by atoms with E-state index in [4.69, 9.17) is 0 Å². The van der Waals surface area contributed by atoms with Gasteiger partial charge in [-0.3, -0.25) is 0 Å². The summed E-state index contributed by atoms with van der Waals surface area (Å²) in [4.78, 5) is 1.68. The van der Waals surface area contributed by atoms with Gasteiger partial charge in [-0.05, 0) is 47.1 Å². The van der Waals surface area contributed by atoms with Crippen molar-refractivity contribution in [1.29, 1.82) is 0 Å². The highest BCUT2D eigenvalue weighted by Crippen LogP contribution is 2.42. The van der Waals surface area contributed by atoms with Gasteiger partial charge in [-0.25, -0.2) is 0 Å². The second-order valence-electron chi connectivity index (χ2n) is 4.09. The fourth-order valence-corrected chi connectivity index (χ4v) is 8.91. The number of aryl methyl sites for hydroxylation is 1. The van der Waals surface area contributed by atoms with Crippen LogP contribution in [0.1, 0.15) is 39.5 Å². The minimum absolute atomic E-state index is 0.121. The summed E-state index contributed by atoms with van der Waals surface area (Å²) in [6, 6.07) is 0. The molecule has 0 aromatic carbocycles. The summed E-state index contributed by atoms with van der Waals surface area (Å²) < 4.78 is 0. The lowest BCUT2D eigenvalue weighted by Crippen LogP contribution is -2.23. The predicted molar refractivity (Wildman–Crippen MR) is 89.0 cm³/mol. The molecule has 0 N–H and O–H groups in total. The fourth-order valence-electron chi connectivity index (χ4n) is 2.30. The molecule has 0 fully saturated rings. The summed E-state index contributed by atoms with van der Waals surface area (Å²) in [6.45, 7) is 11.8. The van der Waals surface area contributed by atoms with Crippen molar-refractivity contribution >= 4 is 37.8 Å². The maximum atomic E-state index is 2.49. The first kappa shape index (κ1) is 15.6. The highest BCUT2D eigenvalue weighted by atomic mass is 32.1. The van der Waals surface area contributed by atoms with E-state index in [2.05, 4.69) is 40.0 Å². The van der Waals surface area contributed by atoms with Crippen molar-refractivity contribution in [3.8, 4) is 0 Å². The number of thiophene rings is 1. The lowest BCUT2D eigenvalue weighted by Gasteiger charge is -2.21. The zero-order valence-corrected chi connectivity index (χ0v) is 14.5. The number of hydrogen-bond donors (Lipinski definition) is 0. The average molecular weight is 288 g/mol. The molecule has 0 saturated heterocycles. The Morgan fingerprint density at radius 1 is 0.882 bits per heavy atom. The van der Waals surface area contributed by atoms with E-state index < -0.39 is 0 Å². The van der Waals surface area contributed by atoms with E-state index in [-0.39, 0.29) is 15.8 Å². The predicted octanol–water partition coefficient (Wildman–Crippen LogP) is 4.60. The molecule has 1 heterocycles. The lowest BCUT2D eigenvalue weighted by atomic mass is 10.4. The first-order chi connectivity index (χ1) is 8.23. The zero-order valence-electron chi connectivity index (χ0n) is 11.9. The molecule has 17 heavy (non-hydrogen) atoms. The van der Waals surface area contributed by atoms with Crippen LogP contribution >= 0.6 is 27.2 Å². The first-order valence-corrected chi connectivity index (χ1v) is 11.1. The Balaban J connectivity index is 3.17. The quantitative estimate of drug-likeness (QED) is 0.643. The van der Waals surface area contributed by atoms with Crippen molar-refractivity contribution in [2.24, 2.45) is 0 Å². The van der Waals surface area contributed by atoms with Gasteiger partial charge in [-0.15, -0.1) is 11.3 Å². The van der Waals surface area contributed by atoms with Gasteiger partial charge in [0.1, 0.15) is 0 Å². The van der Waals surface area contributed by atoms with Crippen molar-refractivity contribution in [2.75, 3.05) is 24.6 Å². The van der Waals surface area contributed by atoms with Gasteiger partial charge in [0.15, 0.2) is 0 Å². The van der Waals surface area contributed by atoms with E-state index in [9.17, 15) is 0 Å². The minimum Gasteiger partial charge on any atom is -0.148 e. The molecule has 3 heteroatoms. The molecular formula is C14H26P2S. The molecule has 0 aliphatic heterocycles. The standard InChI is InChI=1S/C14H26P2S/c1-6-13-14(16(9-4)10-5)12(11-17-13)15(7-2)8-3/h11H,6-10H2,1-5H3. The maximum Gasteiger partial charge on any atom is 0.0126 e. The van der Waals surface area contributed by atoms with Gasteiger partial charge in [0, 0.05) is 4.88 Å². The van der Waals surface area contributed by atoms with Crippen LogP contribution in [-0.4, -0.2) is 24.6 Å². The van der Waals surface area contributed by atoms with Gasteiger partial charge in [0.2, 0.25) is 0 Å². The van der Waals surface area contributed by atoms with Crippen molar-refractivity contribution in [3.63, 3.8) is 0 Å². The van der Waals surface area contributed by atoms with Gasteiger partial charge in [-0.1, -0.05) is 50.5 Å². The summed E-state index contributed by atoms with van der Waals surface area (Å²) in [5.74, 6) is 0. The number of hydrogen-bond acceptors (Lipinski definition) is 1. The largest absolute Gasteiger partial charge is 0.148 e. The van der Waals surface area contributed by atoms with Crippen LogP contribution in [0.3, 0.4) is 0 Å². The fraction of sp³-hybridized carbons (Fsp3) is 0.714. The Bertz CT molecular complexity index is 325. The van der Waals surface area contributed by atoms with E-state index >= 15 is 0 Å². The third-order valence-corrected chi connectivity index (χ3v) is 10.2. The summed E-state index contributed by atoms with van der Waals surface area (Å²) in [7, 11) is 0.247. The molecular weight excluding hydrogens is 262 g/mol. The van der Waals surface area contributed by atoms with Crippen LogP contribution in [0.25, 0.3) is 0 Å². The molecule has 0 radical (unpaired) electrons. The average Bonchev–Trinajstić information content (AvgIpc) is 2.77. The van der Waals surface area contributed by atoms with Gasteiger partial charge in [0.05, 0.1) is 0 Å². The van der Waals surface area contributed by atoms with Crippen molar-refractivity contribution in [1.82, 2.24) is 0 Å². The highest BCUT2D eigenvalue weighted by Gasteiger charge is 2.21. The van der Waals surface area contributed by atoms with Crippen LogP contribution in [0.5, 0.6) is 0 Å². The van der Waals surface area contributed by atoms with E-state index in [1.807, 2.05) is 16.6 Å². The summed E-state index contributed by atoms with van der Waals surface area (Å²) in [6.07, 6.45) is 6.67. The smallest absolute Gasteiger partial charge is 0.0126 e. The van der Waals surface area contributed by atoms with Crippen LogP contribution in [-0.2, 0) is 6.42 Å². The molecule has 0 aliphatic rings. The SMILES string of the molecule is CCc1scc(P(CC)CC)c1P(CC)CC. The van der Waals surface area contributed by atoms with E-state index in [0.717, 1.165) is 0 Å². The first-order valence-electron chi connectivity index (χ1n) is 6.83. The molecule has 1 rings (SSSR count). The third kappa shape index (κ3) is 3.52. The molecule has 0 unspecified atom stereocenters. The summed E-state index contributed by atoms with van der Waals surface area (Å²) in [5, 5.41) is 6.07. The van der Waals surface area contributed by atoms with Crippen molar-refractivity contribution in [3.05, 3.63) is 10.3 Å². The molecule has 0 amide bonds. The Hall–Kier alpha value is 0.560. The number of rotatable bonds is 7. The Morgan fingerprint density at radius 2 is 1.41 bits per heavy atom. The molecule has 0 spiro atoms. The molecule has 0 aliphatic carbocycles. The Labute approximate surface area is 114 Å². The molecule has 0 bridgehead atoms. The third-order valence-electron chi connectivity index (χ3n) is 3.32. The summed E-state index contributed by atoms with van der Waals surface area (Å²) >= 11 is 2.03.